The van der Waals surface area contributed by atoms with Crippen LogP contribution in [0.1, 0.15) is 171 Å². The molecule has 12 heteroatoms. The Labute approximate surface area is 470 Å². The zero-order chi connectivity index (χ0) is 54.6. The second kappa shape index (κ2) is 24.4. The second-order valence-corrected chi connectivity index (χ2v) is 25.1. The minimum Gasteiger partial charge on any atom is -0.444 e. The Hall–Kier alpha value is -6.01. The maximum Gasteiger partial charge on any atom is 0.410 e. The molecule has 6 heterocycles. The van der Waals surface area contributed by atoms with Crippen molar-refractivity contribution < 1.29 is 37.7 Å². The van der Waals surface area contributed by atoms with Gasteiger partial charge in [0.05, 0.1) is 59.6 Å². The third-order valence-electron chi connectivity index (χ3n) is 18.8. The first-order valence-corrected chi connectivity index (χ1v) is 30.7. The third kappa shape index (κ3) is 12.3. The number of para-hydroxylation sites is 2. The average molecular weight is 1070 g/mol. The quantitative estimate of drug-likeness (QED) is 0.0944. The smallest absolute Gasteiger partial charge is 0.410 e. The number of rotatable bonds is 10. The van der Waals surface area contributed by atoms with Crippen LogP contribution in [0.25, 0.3) is 0 Å². The molecule has 2 aliphatic carbocycles. The minimum atomic E-state index is -0.459. The van der Waals surface area contributed by atoms with Crippen molar-refractivity contribution in [2.24, 2.45) is 23.7 Å². The van der Waals surface area contributed by atoms with Gasteiger partial charge >= 0.3 is 18.0 Å². The van der Waals surface area contributed by atoms with Crippen LogP contribution in [0.5, 0.6) is 11.5 Å². The van der Waals surface area contributed by atoms with Gasteiger partial charge < -0.3 is 34.2 Å². The van der Waals surface area contributed by atoms with Crippen molar-refractivity contribution >= 4 is 52.2 Å². The van der Waals surface area contributed by atoms with Crippen molar-refractivity contribution in [2.45, 2.75) is 155 Å². The number of esters is 2. The molecule has 420 valence electrons. The predicted molar refractivity (Wildman–Crippen MR) is 315 cm³/mol. The fourth-order valence-corrected chi connectivity index (χ4v) is 15.0. The Morgan fingerprint density at radius 2 is 1.00 bits per heavy atom. The molecule has 0 radical (unpaired) electrons. The van der Waals surface area contributed by atoms with Gasteiger partial charge in [-0.25, -0.2) is 4.79 Å². The molecular formula is C67H88N6O6+2. The average Bonchev–Trinajstić information content (AvgIpc) is 3.80. The zero-order valence-corrected chi connectivity index (χ0v) is 48.1. The number of hydrogen-bond donors (Lipinski definition) is 1. The summed E-state index contributed by atoms with van der Waals surface area (Å²) in [5.74, 6) is 4.25. The summed E-state index contributed by atoms with van der Waals surface area (Å²) in [7, 11) is 0. The van der Waals surface area contributed by atoms with E-state index in [0.29, 0.717) is 41.1 Å². The molecule has 12 rings (SSSR count). The standard InChI is InChI=1S/C36H48N3O4.C31H40N3O2/c1-25(40)42-28-14-15-29-32(24-28)39-23-22-37(19-16-26-17-20-38(21-18-26)35(41)43-36(2,3)4)31-13-9-8-12-30(31)34(39)33(29)27-10-6-5-7-11-27;1-22(35)36-25-11-12-26-29(21-25)34-20-19-33(18-15-23-13-16-32-17-14-23)28-10-6-5-9-27(28)31(34)30(26)24-7-3-2-4-8-24/h8-9,12-15,24,26-27,33H,5-7,10-11,16-23H2,1-4H3;5-6,9-12,21,23-24,30,32H,2-4,7-8,13-20H2,1H3/q2*+1. The summed E-state index contributed by atoms with van der Waals surface area (Å²) in [5.41, 5.74) is 13.2. The summed E-state index contributed by atoms with van der Waals surface area (Å²) < 4.78 is 21.8. The van der Waals surface area contributed by atoms with Crippen LogP contribution < -0.4 is 24.6 Å². The van der Waals surface area contributed by atoms with E-state index in [1.54, 1.807) is 0 Å². The summed E-state index contributed by atoms with van der Waals surface area (Å²) in [6, 6.07) is 30.8. The Bertz CT molecular complexity index is 2910. The van der Waals surface area contributed by atoms with Gasteiger partial charge in [0.25, 0.3) is 0 Å². The molecule has 6 aliphatic heterocycles. The highest BCUT2D eigenvalue weighted by Crippen LogP contribution is 2.51. The van der Waals surface area contributed by atoms with Crippen molar-refractivity contribution in [1.29, 1.82) is 0 Å². The number of nitrogens with zero attached hydrogens (tertiary/aromatic N) is 5. The summed E-state index contributed by atoms with van der Waals surface area (Å²) in [5, 5.41) is 3.51. The Kier molecular flexibility index (Phi) is 16.9. The topological polar surface area (TPSA) is 107 Å². The van der Waals surface area contributed by atoms with Crippen LogP contribution in [-0.2, 0) is 14.3 Å². The van der Waals surface area contributed by atoms with Crippen LogP contribution in [0.2, 0.25) is 0 Å². The Morgan fingerprint density at radius 3 is 1.44 bits per heavy atom. The van der Waals surface area contributed by atoms with Gasteiger partial charge in [-0.1, -0.05) is 62.8 Å². The summed E-state index contributed by atoms with van der Waals surface area (Å²) in [6.07, 6.45) is 19.9. The molecule has 8 aliphatic rings. The lowest BCUT2D eigenvalue weighted by molar-refractivity contribution is -0.434. The van der Waals surface area contributed by atoms with Gasteiger partial charge in [-0.05, 0) is 170 Å². The molecule has 0 bridgehead atoms. The largest absolute Gasteiger partial charge is 0.444 e. The van der Waals surface area contributed by atoms with Gasteiger partial charge in [0.1, 0.15) is 17.1 Å². The first-order valence-electron chi connectivity index (χ1n) is 30.7. The highest BCUT2D eigenvalue weighted by molar-refractivity contribution is 6.10. The number of carbonyl (C=O) groups is 3. The molecule has 4 fully saturated rings. The van der Waals surface area contributed by atoms with Crippen LogP contribution in [-0.4, -0.2) is 115 Å². The van der Waals surface area contributed by atoms with E-state index in [1.165, 1.54) is 154 Å². The number of likely N-dealkylation sites (tertiary alicyclic amines) is 1. The molecule has 2 atom stereocenters. The predicted octanol–water partition coefficient (Wildman–Crippen LogP) is 12.9. The van der Waals surface area contributed by atoms with E-state index < -0.39 is 5.60 Å². The van der Waals surface area contributed by atoms with E-state index in [9.17, 15) is 14.4 Å². The van der Waals surface area contributed by atoms with Gasteiger partial charge in [0.15, 0.2) is 24.5 Å². The molecular weight excluding hydrogens is 985 g/mol. The Balaban J connectivity index is 0.000000170. The van der Waals surface area contributed by atoms with Gasteiger partial charge in [0, 0.05) is 51.2 Å². The number of anilines is 2. The number of ether oxygens (including phenoxy) is 3. The molecule has 12 nitrogen and oxygen atoms in total. The van der Waals surface area contributed by atoms with Crippen molar-refractivity contribution in [3.05, 3.63) is 107 Å². The number of nitrogens with one attached hydrogen (secondary N) is 1. The number of fused-ring (bicyclic) bond motifs is 8. The van der Waals surface area contributed by atoms with Crippen molar-refractivity contribution in [2.75, 3.05) is 75.2 Å². The highest BCUT2D eigenvalue weighted by atomic mass is 16.6. The fraction of sp³-hybridized carbons (Fsp3) is 0.567. The summed E-state index contributed by atoms with van der Waals surface area (Å²) in [6.45, 7) is 18.5. The van der Waals surface area contributed by atoms with Crippen LogP contribution in [0.4, 0.5) is 27.5 Å². The number of amides is 1. The fourth-order valence-electron chi connectivity index (χ4n) is 15.0. The second-order valence-electron chi connectivity index (χ2n) is 25.1. The monoisotopic (exact) mass is 1070 g/mol. The maximum absolute atomic E-state index is 12.6. The molecule has 4 aromatic carbocycles. The maximum atomic E-state index is 12.6. The Morgan fingerprint density at radius 1 is 0.557 bits per heavy atom. The zero-order valence-electron chi connectivity index (χ0n) is 48.1. The summed E-state index contributed by atoms with van der Waals surface area (Å²) in [4.78, 5) is 43.2. The number of benzene rings is 4. The van der Waals surface area contributed by atoms with Crippen LogP contribution in [0.3, 0.4) is 0 Å². The number of hydrogen-bond acceptors (Lipinski definition) is 9. The SMILES string of the molecule is CC(=O)Oc1ccc2c(c1)[N+]1=C(c3ccccc3N(CCC3CCN(C(=O)OC(C)(C)C)CC3)CC1)C2C1CCCCC1.CC(=O)Oc1ccc2c(c1)[N+]1=C(c3ccccc3N(CCC3CCNCC3)CC1)C2C1CCCCC1. The molecule has 1 N–H and O–H groups in total. The van der Waals surface area contributed by atoms with Gasteiger partial charge in [-0.3, -0.25) is 9.59 Å². The van der Waals surface area contributed by atoms with Crippen LogP contribution in [0.15, 0.2) is 84.9 Å². The van der Waals surface area contributed by atoms with Gasteiger partial charge in [0.2, 0.25) is 11.4 Å². The van der Waals surface area contributed by atoms with E-state index in [4.69, 9.17) is 14.2 Å². The molecule has 2 saturated carbocycles. The molecule has 79 heavy (non-hydrogen) atoms. The van der Waals surface area contributed by atoms with E-state index >= 15 is 0 Å². The van der Waals surface area contributed by atoms with Crippen molar-refractivity contribution in [1.82, 2.24) is 10.2 Å². The van der Waals surface area contributed by atoms with E-state index in [1.807, 2.05) is 37.8 Å². The van der Waals surface area contributed by atoms with Crippen molar-refractivity contribution in [3.8, 4) is 11.5 Å². The van der Waals surface area contributed by atoms with E-state index in [0.717, 1.165) is 90.6 Å². The third-order valence-corrected chi connectivity index (χ3v) is 18.8. The molecule has 2 unspecified atom stereocenters. The van der Waals surface area contributed by atoms with Crippen LogP contribution >= 0.6 is 0 Å². The van der Waals surface area contributed by atoms with Crippen LogP contribution in [0, 0.1) is 23.7 Å². The molecule has 1 amide bonds. The van der Waals surface area contributed by atoms with E-state index in [-0.39, 0.29) is 18.0 Å². The van der Waals surface area contributed by atoms with E-state index in [2.05, 4.69) is 97.1 Å². The highest BCUT2D eigenvalue weighted by Gasteiger charge is 2.49. The first kappa shape index (κ1) is 54.9. The molecule has 0 aromatic heterocycles. The molecule has 4 aromatic rings. The van der Waals surface area contributed by atoms with Gasteiger partial charge in [-0.2, -0.15) is 9.15 Å². The number of carbonyl (C=O) groups excluding carboxylic acids is 3. The lowest BCUT2D eigenvalue weighted by atomic mass is 9.74. The normalized spacial score (nSPS) is 21.8. The summed E-state index contributed by atoms with van der Waals surface area (Å²) >= 11 is 0. The molecule has 2 saturated heterocycles. The number of piperidine rings is 2. The van der Waals surface area contributed by atoms with Crippen molar-refractivity contribution in [3.63, 3.8) is 0 Å². The minimum absolute atomic E-state index is 0.185. The lowest BCUT2D eigenvalue weighted by Crippen LogP contribution is -2.42. The van der Waals surface area contributed by atoms with Gasteiger partial charge in [-0.15, -0.1) is 0 Å². The lowest BCUT2D eigenvalue weighted by Gasteiger charge is -2.34. The first-order chi connectivity index (χ1) is 38.4. The molecule has 0 spiro atoms.